The average molecular weight is 538 g/mol. The highest BCUT2D eigenvalue weighted by atomic mass is 32.2. The molecule has 1 atom stereocenters. The predicted octanol–water partition coefficient (Wildman–Crippen LogP) is 3.89. The molecule has 0 unspecified atom stereocenters. The maximum absolute atomic E-state index is 13.6. The van der Waals surface area contributed by atoms with Crippen molar-refractivity contribution in [3.63, 3.8) is 0 Å². The number of rotatable bonds is 12. The first kappa shape index (κ1) is 28.7. The number of anilines is 1. The highest BCUT2D eigenvalue weighted by Gasteiger charge is 2.31. The van der Waals surface area contributed by atoms with Gasteiger partial charge in [-0.15, -0.1) is 0 Å². The van der Waals surface area contributed by atoms with E-state index >= 15 is 0 Å². The molecule has 3 aromatic carbocycles. The maximum atomic E-state index is 13.6. The van der Waals surface area contributed by atoms with Crippen LogP contribution in [0.25, 0.3) is 0 Å². The van der Waals surface area contributed by atoms with Crippen LogP contribution < -0.4 is 14.4 Å². The van der Waals surface area contributed by atoms with Crippen LogP contribution in [0.15, 0.2) is 78.9 Å². The van der Waals surface area contributed by atoms with Crippen LogP contribution in [0.4, 0.5) is 5.69 Å². The Balaban J connectivity index is 1.83. The van der Waals surface area contributed by atoms with Gasteiger partial charge < -0.3 is 15.0 Å². The van der Waals surface area contributed by atoms with Gasteiger partial charge in [-0.3, -0.25) is 13.9 Å². The van der Waals surface area contributed by atoms with Gasteiger partial charge in [-0.05, 0) is 48.7 Å². The summed E-state index contributed by atoms with van der Waals surface area (Å²) in [6.45, 7) is 3.88. The molecule has 0 saturated heterocycles. The minimum atomic E-state index is -3.81. The van der Waals surface area contributed by atoms with Gasteiger partial charge in [-0.2, -0.15) is 0 Å². The Bertz CT molecular complexity index is 1330. The Labute approximate surface area is 225 Å². The molecule has 0 aromatic heterocycles. The maximum Gasteiger partial charge on any atom is 0.244 e. The lowest BCUT2D eigenvalue weighted by Gasteiger charge is -2.32. The molecule has 1 N–H and O–H groups in total. The van der Waals surface area contributed by atoms with Crippen LogP contribution in [0.1, 0.15) is 30.0 Å². The van der Waals surface area contributed by atoms with E-state index in [0.717, 1.165) is 27.3 Å². The molecule has 0 aliphatic heterocycles. The minimum absolute atomic E-state index is 0.177. The number of ether oxygens (including phenoxy) is 1. The van der Waals surface area contributed by atoms with Gasteiger partial charge in [0.05, 0.1) is 11.9 Å². The molecule has 0 saturated carbocycles. The Hall–Kier alpha value is -3.85. The number of carbonyl (C=O) groups is 2. The zero-order chi connectivity index (χ0) is 27.7. The van der Waals surface area contributed by atoms with Crippen molar-refractivity contribution in [3.8, 4) is 5.75 Å². The molecule has 0 aliphatic rings. The lowest BCUT2D eigenvalue weighted by molar-refractivity contribution is -0.140. The van der Waals surface area contributed by atoms with E-state index in [1.807, 2.05) is 68.4 Å². The number of hydrogen-bond acceptors (Lipinski definition) is 5. The zero-order valence-corrected chi connectivity index (χ0v) is 23.1. The summed E-state index contributed by atoms with van der Waals surface area (Å²) in [6.07, 6.45) is 1.44. The average Bonchev–Trinajstić information content (AvgIpc) is 2.90. The van der Waals surface area contributed by atoms with Crippen molar-refractivity contribution >= 4 is 27.5 Å². The Kier molecular flexibility index (Phi) is 9.90. The highest BCUT2D eigenvalue weighted by Crippen LogP contribution is 2.23. The second kappa shape index (κ2) is 13.1. The predicted molar refractivity (Wildman–Crippen MR) is 149 cm³/mol. The molecule has 0 radical (unpaired) electrons. The fraction of sp³-hybridized carbons (Fsp3) is 0.310. The first-order valence-electron chi connectivity index (χ1n) is 12.4. The monoisotopic (exact) mass is 537 g/mol. The number of carbonyl (C=O) groups excluding carboxylic acids is 2. The van der Waals surface area contributed by atoms with Crippen molar-refractivity contribution < 1.29 is 22.7 Å². The third-order valence-corrected chi connectivity index (χ3v) is 7.26. The Morgan fingerprint density at radius 1 is 0.947 bits per heavy atom. The summed E-state index contributed by atoms with van der Waals surface area (Å²) < 4.78 is 32.4. The van der Waals surface area contributed by atoms with E-state index in [4.69, 9.17) is 4.74 Å². The molecule has 0 bridgehead atoms. The smallest absolute Gasteiger partial charge is 0.244 e. The largest absolute Gasteiger partial charge is 0.489 e. The lowest BCUT2D eigenvalue weighted by atomic mass is 10.1. The molecular formula is C29H35N3O5S. The molecule has 38 heavy (non-hydrogen) atoms. The number of benzene rings is 3. The number of amides is 2. The van der Waals surface area contributed by atoms with Gasteiger partial charge in [0.25, 0.3) is 0 Å². The van der Waals surface area contributed by atoms with Crippen molar-refractivity contribution in [1.82, 2.24) is 10.2 Å². The van der Waals surface area contributed by atoms with Crippen LogP contribution in [-0.4, -0.2) is 51.0 Å². The number of sulfonamides is 1. The molecule has 0 heterocycles. The molecule has 2 amide bonds. The third-order valence-electron chi connectivity index (χ3n) is 6.12. The Morgan fingerprint density at radius 2 is 1.61 bits per heavy atom. The summed E-state index contributed by atoms with van der Waals surface area (Å²) in [6, 6.07) is 23.2. The second-order valence-electron chi connectivity index (χ2n) is 9.09. The minimum Gasteiger partial charge on any atom is -0.489 e. The summed E-state index contributed by atoms with van der Waals surface area (Å²) in [5.41, 5.74) is 3.22. The van der Waals surface area contributed by atoms with Crippen LogP contribution in [0.3, 0.4) is 0 Å². The number of nitrogens with zero attached hydrogens (tertiary/aromatic N) is 2. The van der Waals surface area contributed by atoms with E-state index in [1.165, 1.54) is 11.9 Å². The van der Waals surface area contributed by atoms with Gasteiger partial charge in [0, 0.05) is 13.6 Å². The van der Waals surface area contributed by atoms with E-state index in [-0.39, 0.29) is 12.5 Å². The van der Waals surface area contributed by atoms with Gasteiger partial charge in [-0.25, -0.2) is 8.42 Å². The quantitative estimate of drug-likeness (QED) is 0.378. The SMILES string of the molecule is CC[C@H](C(=O)NC)N(Cc1cccc(C)c1)C(=O)CN(c1ccc(OCc2ccccc2)cc1)S(C)(=O)=O. The summed E-state index contributed by atoms with van der Waals surface area (Å²) in [5, 5.41) is 2.62. The zero-order valence-electron chi connectivity index (χ0n) is 22.3. The van der Waals surface area contributed by atoms with Crippen LogP contribution in [-0.2, 0) is 32.8 Å². The fourth-order valence-electron chi connectivity index (χ4n) is 4.16. The summed E-state index contributed by atoms with van der Waals surface area (Å²) in [4.78, 5) is 27.7. The first-order chi connectivity index (χ1) is 18.1. The van der Waals surface area contributed by atoms with Crippen molar-refractivity contribution in [3.05, 3.63) is 95.6 Å². The molecule has 8 nitrogen and oxygen atoms in total. The number of aryl methyl sites for hydroxylation is 1. The summed E-state index contributed by atoms with van der Waals surface area (Å²) in [7, 11) is -2.29. The number of nitrogens with one attached hydrogen (secondary N) is 1. The lowest BCUT2D eigenvalue weighted by Crippen LogP contribution is -2.51. The van der Waals surface area contributed by atoms with E-state index in [9.17, 15) is 18.0 Å². The van der Waals surface area contributed by atoms with Crippen molar-refractivity contribution in [1.29, 1.82) is 0 Å². The normalized spacial score (nSPS) is 11.9. The topological polar surface area (TPSA) is 96.0 Å². The summed E-state index contributed by atoms with van der Waals surface area (Å²) in [5.74, 6) is -0.208. The van der Waals surface area contributed by atoms with Crippen LogP contribution in [0, 0.1) is 6.92 Å². The van der Waals surface area contributed by atoms with Crippen LogP contribution in [0.5, 0.6) is 5.75 Å². The van der Waals surface area contributed by atoms with E-state index in [0.29, 0.717) is 24.5 Å². The van der Waals surface area contributed by atoms with Gasteiger partial charge >= 0.3 is 0 Å². The molecule has 3 rings (SSSR count). The third kappa shape index (κ3) is 7.82. The second-order valence-corrected chi connectivity index (χ2v) is 11.0. The van der Waals surface area contributed by atoms with Crippen molar-refractivity contribution in [2.75, 3.05) is 24.2 Å². The standard InChI is InChI=1S/C29H35N3O5S/c1-5-27(29(34)30-3)31(19-24-13-9-10-22(2)18-24)28(33)20-32(38(4,35)36)25-14-16-26(17-15-25)37-21-23-11-7-6-8-12-23/h6-18,27H,5,19-21H2,1-4H3,(H,30,34)/t27-/m1/s1. The molecule has 9 heteroatoms. The molecular weight excluding hydrogens is 502 g/mol. The van der Waals surface area contributed by atoms with Crippen molar-refractivity contribution in [2.45, 2.75) is 39.5 Å². The van der Waals surface area contributed by atoms with Crippen LogP contribution >= 0.6 is 0 Å². The van der Waals surface area contributed by atoms with Crippen LogP contribution in [0.2, 0.25) is 0 Å². The highest BCUT2D eigenvalue weighted by molar-refractivity contribution is 7.92. The first-order valence-corrected chi connectivity index (χ1v) is 14.3. The number of hydrogen-bond donors (Lipinski definition) is 1. The van der Waals surface area contributed by atoms with Gasteiger partial charge in [-0.1, -0.05) is 67.1 Å². The fourth-order valence-corrected chi connectivity index (χ4v) is 5.01. The number of likely N-dealkylation sites (N-methyl/N-ethyl adjacent to an activating group) is 1. The van der Waals surface area contributed by atoms with E-state index < -0.39 is 28.5 Å². The Morgan fingerprint density at radius 3 is 2.18 bits per heavy atom. The van der Waals surface area contributed by atoms with Crippen molar-refractivity contribution in [2.24, 2.45) is 0 Å². The van der Waals surface area contributed by atoms with E-state index in [2.05, 4.69) is 5.32 Å². The molecule has 202 valence electrons. The molecule has 3 aromatic rings. The molecule has 0 fully saturated rings. The molecule has 0 aliphatic carbocycles. The van der Waals surface area contributed by atoms with Gasteiger partial charge in [0.2, 0.25) is 21.8 Å². The molecule has 0 spiro atoms. The van der Waals surface area contributed by atoms with Gasteiger partial charge in [0.1, 0.15) is 24.9 Å². The van der Waals surface area contributed by atoms with E-state index in [1.54, 1.807) is 24.3 Å². The van der Waals surface area contributed by atoms with Gasteiger partial charge in [0.15, 0.2) is 0 Å². The summed E-state index contributed by atoms with van der Waals surface area (Å²) >= 11 is 0.